The highest BCUT2D eigenvalue weighted by Crippen LogP contribution is 2.25. The Morgan fingerprint density at radius 2 is 2.04 bits per heavy atom. The Morgan fingerprint density at radius 1 is 1.15 bits per heavy atom. The largest absolute Gasteiger partial charge is 0.338 e. The fourth-order valence-corrected chi connectivity index (χ4v) is 3.83. The first-order chi connectivity index (χ1) is 13.3. The van der Waals surface area contributed by atoms with Crippen LogP contribution in [0.1, 0.15) is 43.0 Å². The van der Waals surface area contributed by atoms with Crippen LogP contribution in [0.25, 0.3) is 10.9 Å². The van der Waals surface area contributed by atoms with E-state index in [4.69, 9.17) is 0 Å². The molecule has 5 heteroatoms. The van der Waals surface area contributed by atoms with Crippen molar-refractivity contribution in [2.24, 2.45) is 0 Å². The van der Waals surface area contributed by atoms with Gasteiger partial charge >= 0.3 is 0 Å². The van der Waals surface area contributed by atoms with E-state index in [0.717, 1.165) is 42.4 Å². The molecular formula is C22H24N4O. The molecule has 1 N–H and O–H groups in total. The molecule has 3 aromatic rings. The van der Waals surface area contributed by atoms with Crippen molar-refractivity contribution < 1.29 is 4.79 Å². The minimum Gasteiger partial charge on any atom is -0.338 e. The predicted molar refractivity (Wildman–Crippen MR) is 108 cm³/mol. The van der Waals surface area contributed by atoms with Gasteiger partial charge in [0.2, 0.25) is 0 Å². The van der Waals surface area contributed by atoms with E-state index in [1.165, 1.54) is 6.42 Å². The van der Waals surface area contributed by atoms with Gasteiger partial charge in [-0.2, -0.15) is 0 Å². The Labute approximate surface area is 159 Å². The van der Waals surface area contributed by atoms with Crippen LogP contribution in [-0.2, 0) is 0 Å². The van der Waals surface area contributed by atoms with Gasteiger partial charge in [0, 0.05) is 35.9 Å². The van der Waals surface area contributed by atoms with E-state index in [9.17, 15) is 4.79 Å². The van der Waals surface area contributed by atoms with Crippen molar-refractivity contribution in [1.29, 1.82) is 0 Å². The number of piperidine rings is 1. The van der Waals surface area contributed by atoms with Gasteiger partial charge in [-0.25, -0.2) is 4.98 Å². The number of likely N-dealkylation sites (tertiary alicyclic amines) is 1. The van der Waals surface area contributed by atoms with Crippen molar-refractivity contribution >= 4 is 28.3 Å². The summed E-state index contributed by atoms with van der Waals surface area (Å²) in [6, 6.07) is 13.9. The van der Waals surface area contributed by atoms with Crippen LogP contribution < -0.4 is 5.32 Å². The molecule has 3 heterocycles. The summed E-state index contributed by atoms with van der Waals surface area (Å²) in [6.45, 7) is 3.00. The molecule has 0 saturated carbocycles. The van der Waals surface area contributed by atoms with Gasteiger partial charge in [-0.05, 0) is 49.9 Å². The molecule has 1 unspecified atom stereocenters. The van der Waals surface area contributed by atoms with Crippen molar-refractivity contribution in [3.8, 4) is 0 Å². The van der Waals surface area contributed by atoms with Gasteiger partial charge in [-0.1, -0.05) is 25.1 Å². The number of anilines is 2. The van der Waals surface area contributed by atoms with Gasteiger partial charge in [-0.3, -0.25) is 9.78 Å². The molecule has 0 bridgehead atoms. The van der Waals surface area contributed by atoms with Crippen LogP contribution in [0.2, 0.25) is 0 Å². The number of hydrogen-bond acceptors (Lipinski definition) is 4. The zero-order chi connectivity index (χ0) is 18.6. The highest BCUT2D eigenvalue weighted by molar-refractivity contribution is 5.96. The summed E-state index contributed by atoms with van der Waals surface area (Å²) in [5.41, 5.74) is 2.45. The van der Waals surface area contributed by atoms with Crippen LogP contribution in [0.15, 0.2) is 54.9 Å². The fraction of sp³-hybridized carbons (Fsp3) is 0.318. The zero-order valence-corrected chi connectivity index (χ0v) is 15.6. The lowest BCUT2D eigenvalue weighted by molar-refractivity contribution is 0.0608. The third-order valence-electron chi connectivity index (χ3n) is 5.26. The lowest BCUT2D eigenvalue weighted by atomic mass is 9.99. The molecule has 5 nitrogen and oxygen atoms in total. The van der Waals surface area contributed by atoms with E-state index in [1.54, 1.807) is 18.5 Å². The summed E-state index contributed by atoms with van der Waals surface area (Å²) < 4.78 is 0. The molecule has 1 amide bonds. The summed E-state index contributed by atoms with van der Waals surface area (Å²) >= 11 is 0. The van der Waals surface area contributed by atoms with Crippen molar-refractivity contribution in [2.45, 2.75) is 38.6 Å². The average Bonchev–Trinajstić information content (AvgIpc) is 2.73. The molecule has 1 atom stereocenters. The van der Waals surface area contributed by atoms with Crippen LogP contribution >= 0.6 is 0 Å². The van der Waals surface area contributed by atoms with E-state index < -0.39 is 0 Å². The molecule has 1 aliphatic heterocycles. The van der Waals surface area contributed by atoms with E-state index in [-0.39, 0.29) is 5.91 Å². The quantitative estimate of drug-likeness (QED) is 0.727. The number of fused-ring (bicyclic) bond motifs is 1. The van der Waals surface area contributed by atoms with Crippen molar-refractivity contribution in [3.63, 3.8) is 0 Å². The predicted octanol–water partition coefficient (Wildman–Crippen LogP) is 4.78. The number of nitrogens with one attached hydrogen (secondary N) is 1. The molecular weight excluding hydrogens is 336 g/mol. The fourth-order valence-electron chi connectivity index (χ4n) is 3.83. The van der Waals surface area contributed by atoms with Crippen LogP contribution in [0.4, 0.5) is 11.5 Å². The molecule has 4 rings (SSSR count). The number of benzene rings is 1. The highest BCUT2D eigenvalue weighted by atomic mass is 16.2. The normalized spacial score (nSPS) is 17.1. The number of hydrogen-bond donors (Lipinski definition) is 1. The Morgan fingerprint density at radius 3 is 2.93 bits per heavy atom. The Kier molecular flexibility index (Phi) is 5.01. The zero-order valence-electron chi connectivity index (χ0n) is 15.6. The maximum atomic E-state index is 13.0. The summed E-state index contributed by atoms with van der Waals surface area (Å²) in [5.74, 6) is 0.757. The van der Waals surface area contributed by atoms with Gasteiger partial charge < -0.3 is 10.2 Å². The van der Waals surface area contributed by atoms with Gasteiger partial charge in [0.05, 0.1) is 11.2 Å². The second-order valence-electron chi connectivity index (χ2n) is 6.99. The molecule has 1 saturated heterocycles. The van der Waals surface area contributed by atoms with Gasteiger partial charge in [-0.15, -0.1) is 0 Å². The maximum Gasteiger partial charge on any atom is 0.254 e. The summed E-state index contributed by atoms with van der Waals surface area (Å²) in [5, 5.41) is 4.39. The van der Waals surface area contributed by atoms with Gasteiger partial charge in [0.1, 0.15) is 5.82 Å². The maximum absolute atomic E-state index is 13.0. The Balaban J connectivity index is 1.60. The second-order valence-corrected chi connectivity index (χ2v) is 6.99. The molecule has 2 aromatic heterocycles. The van der Waals surface area contributed by atoms with Gasteiger partial charge in [0.25, 0.3) is 5.91 Å². The Hall–Kier alpha value is -2.95. The third-order valence-corrected chi connectivity index (χ3v) is 5.26. The lowest BCUT2D eigenvalue weighted by Crippen LogP contribution is -2.43. The van der Waals surface area contributed by atoms with E-state index in [2.05, 4.69) is 22.2 Å². The van der Waals surface area contributed by atoms with Crippen molar-refractivity contribution in [3.05, 3.63) is 60.4 Å². The SMILES string of the molecule is CCC1CCCCN1C(=O)c1ccnc(Nc2cccc3cccnc23)c1. The van der Waals surface area contributed by atoms with Crippen LogP contribution in [0.3, 0.4) is 0 Å². The lowest BCUT2D eigenvalue weighted by Gasteiger charge is -2.35. The Bertz CT molecular complexity index is 950. The number of aromatic nitrogens is 2. The monoisotopic (exact) mass is 360 g/mol. The van der Waals surface area contributed by atoms with Crippen LogP contribution in [0.5, 0.6) is 0 Å². The van der Waals surface area contributed by atoms with E-state index >= 15 is 0 Å². The first kappa shape index (κ1) is 17.5. The van der Waals surface area contributed by atoms with E-state index in [1.807, 2.05) is 41.3 Å². The summed E-state index contributed by atoms with van der Waals surface area (Å²) in [6.07, 6.45) is 7.87. The first-order valence-electron chi connectivity index (χ1n) is 9.64. The molecule has 138 valence electrons. The summed E-state index contributed by atoms with van der Waals surface area (Å²) in [4.78, 5) is 23.9. The number of pyridine rings is 2. The van der Waals surface area contributed by atoms with Gasteiger partial charge in [0.15, 0.2) is 0 Å². The van der Waals surface area contributed by atoms with Crippen molar-refractivity contribution in [2.75, 3.05) is 11.9 Å². The minimum atomic E-state index is 0.100. The second kappa shape index (κ2) is 7.74. The number of carbonyl (C=O) groups is 1. The average molecular weight is 360 g/mol. The molecule has 0 spiro atoms. The molecule has 1 fully saturated rings. The van der Waals surface area contributed by atoms with Crippen LogP contribution in [-0.4, -0.2) is 33.4 Å². The molecule has 27 heavy (non-hydrogen) atoms. The minimum absolute atomic E-state index is 0.100. The standard InChI is InChI=1S/C22H24N4O/c1-2-18-9-3-4-14-26(18)22(27)17-11-13-23-20(15-17)25-19-10-5-7-16-8-6-12-24-21(16)19/h5-8,10-13,15,18H,2-4,9,14H2,1H3,(H,23,25). The number of rotatable bonds is 4. The number of carbonyl (C=O) groups excluding carboxylic acids is 1. The van der Waals surface area contributed by atoms with Crippen LogP contribution in [0, 0.1) is 0 Å². The number of amides is 1. The molecule has 0 radical (unpaired) electrons. The van der Waals surface area contributed by atoms with E-state index in [0.29, 0.717) is 17.4 Å². The van der Waals surface area contributed by atoms with Crippen molar-refractivity contribution in [1.82, 2.24) is 14.9 Å². The highest BCUT2D eigenvalue weighted by Gasteiger charge is 2.26. The summed E-state index contributed by atoms with van der Waals surface area (Å²) in [7, 11) is 0. The smallest absolute Gasteiger partial charge is 0.254 e. The third kappa shape index (κ3) is 3.63. The number of para-hydroxylation sites is 1. The topological polar surface area (TPSA) is 58.1 Å². The first-order valence-corrected chi connectivity index (χ1v) is 9.64. The molecule has 1 aliphatic rings. The number of nitrogens with zero attached hydrogens (tertiary/aromatic N) is 3. The molecule has 1 aromatic carbocycles. The molecule has 0 aliphatic carbocycles.